The van der Waals surface area contributed by atoms with Crippen molar-refractivity contribution in [2.45, 2.75) is 18.8 Å². The van der Waals surface area contributed by atoms with Gasteiger partial charge in [0.05, 0.1) is 5.41 Å². The number of carboxylic acid groups (broad SMARTS) is 1. The van der Waals surface area contributed by atoms with Crippen LogP contribution in [0.4, 0.5) is 4.79 Å². The van der Waals surface area contributed by atoms with E-state index in [1.807, 2.05) is 24.3 Å². The van der Waals surface area contributed by atoms with Gasteiger partial charge in [-0.3, -0.25) is 9.59 Å². The lowest BCUT2D eigenvalue weighted by molar-refractivity contribution is -0.145. The van der Waals surface area contributed by atoms with E-state index >= 15 is 0 Å². The van der Waals surface area contributed by atoms with Gasteiger partial charge in [0.15, 0.2) is 0 Å². The van der Waals surface area contributed by atoms with E-state index in [0.717, 1.165) is 22.3 Å². The SMILES string of the molecule is CN(CC(=O)O)C(=O)C1(CNC(=O)OCC2c3ccccc3-c3ccccc32)CC1. The Morgan fingerprint density at radius 3 is 2.17 bits per heavy atom. The summed E-state index contributed by atoms with van der Waals surface area (Å²) in [6, 6.07) is 16.2. The number of fused-ring (bicyclic) bond motifs is 3. The Hall–Kier alpha value is -3.35. The first-order valence-electron chi connectivity index (χ1n) is 9.97. The Bertz CT molecular complexity index is 953. The van der Waals surface area contributed by atoms with Crippen LogP contribution in [0.1, 0.15) is 29.9 Å². The third-order valence-corrected chi connectivity index (χ3v) is 5.94. The molecule has 1 fully saturated rings. The predicted octanol–water partition coefficient (Wildman–Crippen LogP) is 2.85. The second kappa shape index (κ2) is 7.82. The summed E-state index contributed by atoms with van der Waals surface area (Å²) in [7, 11) is 1.46. The molecule has 1 saturated carbocycles. The maximum absolute atomic E-state index is 12.5. The van der Waals surface area contributed by atoms with Crippen molar-refractivity contribution in [3.8, 4) is 11.1 Å². The van der Waals surface area contributed by atoms with Crippen LogP contribution in [0.25, 0.3) is 11.1 Å². The summed E-state index contributed by atoms with van der Waals surface area (Å²) in [6.07, 6.45) is 0.677. The number of hydrogen-bond acceptors (Lipinski definition) is 4. The normalized spacial score (nSPS) is 15.6. The van der Waals surface area contributed by atoms with Gasteiger partial charge >= 0.3 is 12.1 Å². The number of ether oxygens (including phenoxy) is 1. The molecule has 2 aliphatic carbocycles. The maximum atomic E-state index is 12.5. The van der Waals surface area contributed by atoms with Crippen molar-refractivity contribution in [2.75, 3.05) is 26.7 Å². The van der Waals surface area contributed by atoms with Crippen molar-refractivity contribution >= 4 is 18.0 Å². The van der Waals surface area contributed by atoms with E-state index in [-0.39, 0.29) is 31.5 Å². The van der Waals surface area contributed by atoms with Gasteiger partial charge in [0, 0.05) is 19.5 Å². The van der Waals surface area contributed by atoms with Gasteiger partial charge in [-0.25, -0.2) is 4.79 Å². The maximum Gasteiger partial charge on any atom is 0.407 e. The summed E-state index contributed by atoms with van der Waals surface area (Å²) in [5.74, 6) is -1.35. The van der Waals surface area contributed by atoms with Crippen LogP contribution < -0.4 is 5.32 Å². The number of carbonyl (C=O) groups is 3. The third-order valence-electron chi connectivity index (χ3n) is 5.94. The topological polar surface area (TPSA) is 95.9 Å². The Labute approximate surface area is 174 Å². The largest absolute Gasteiger partial charge is 0.480 e. The highest BCUT2D eigenvalue weighted by atomic mass is 16.5. The van der Waals surface area contributed by atoms with Crippen molar-refractivity contribution in [3.63, 3.8) is 0 Å². The van der Waals surface area contributed by atoms with Crippen LogP contribution in [0, 0.1) is 5.41 Å². The molecule has 4 rings (SSSR count). The molecule has 2 amide bonds. The van der Waals surface area contributed by atoms with E-state index in [2.05, 4.69) is 29.6 Å². The molecular formula is C23H24N2O5. The first kappa shape index (κ1) is 19.9. The zero-order valence-corrected chi connectivity index (χ0v) is 16.8. The Morgan fingerprint density at radius 1 is 1.07 bits per heavy atom. The fraction of sp³-hybridized carbons (Fsp3) is 0.348. The molecule has 0 radical (unpaired) electrons. The van der Waals surface area contributed by atoms with Crippen molar-refractivity contribution in [2.24, 2.45) is 5.41 Å². The average Bonchev–Trinajstić information content (AvgIpc) is 3.46. The van der Waals surface area contributed by atoms with Crippen LogP contribution in [-0.4, -0.2) is 54.7 Å². The Balaban J connectivity index is 1.35. The fourth-order valence-corrected chi connectivity index (χ4v) is 4.19. The number of rotatable bonds is 7. The number of alkyl carbamates (subject to hydrolysis) is 1. The highest BCUT2D eigenvalue weighted by Gasteiger charge is 2.51. The Kier molecular flexibility index (Phi) is 5.20. The van der Waals surface area contributed by atoms with Crippen LogP contribution in [-0.2, 0) is 14.3 Å². The first-order chi connectivity index (χ1) is 14.4. The quantitative estimate of drug-likeness (QED) is 0.735. The molecule has 30 heavy (non-hydrogen) atoms. The molecule has 0 aliphatic heterocycles. The lowest BCUT2D eigenvalue weighted by Gasteiger charge is -2.22. The van der Waals surface area contributed by atoms with E-state index < -0.39 is 17.5 Å². The van der Waals surface area contributed by atoms with E-state index in [9.17, 15) is 14.4 Å². The molecule has 2 N–H and O–H groups in total. The van der Waals surface area contributed by atoms with Gasteiger partial charge in [0.1, 0.15) is 13.2 Å². The molecule has 0 saturated heterocycles. The van der Waals surface area contributed by atoms with E-state index in [0.29, 0.717) is 12.8 Å². The van der Waals surface area contributed by atoms with Crippen LogP contribution in [0.2, 0.25) is 0 Å². The smallest absolute Gasteiger partial charge is 0.407 e. The predicted molar refractivity (Wildman–Crippen MR) is 110 cm³/mol. The lowest BCUT2D eigenvalue weighted by Crippen LogP contribution is -2.43. The highest BCUT2D eigenvalue weighted by Crippen LogP contribution is 2.47. The molecule has 156 valence electrons. The number of nitrogens with one attached hydrogen (secondary N) is 1. The van der Waals surface area contributed by atoms with Crippen molar-refractivity contribution < 1.29 is 24.2 Å². The Morgan fingerprint density at radius 2 is 1.63 bits per heavy atom. The summed E-state index contributed by atoms with van der Waals surface area (Å²) < 4.78 is 5.50. The second-order valence-electron chi connectivity index (χ2n) is 8.01. The summed E-state index contributed by atoms with van der Waals surface area (Å²) in [6.45, 7) is -0.00226. The second-order valence-corrected chi connectivity index (χ2v) is 8.01. The van der Waals surface area contributed by atoms with Gasteiger partial charge in [-0.05, 0) is 35.1 Å². The number of likely N-dealkylation sites (N-methyl/N-ethyl adjacent to an activating group) is 1. The van der Waals surface area contributed by atoms with Gasteiger partial charge < -0.3 is 20.1 Å². The highest BCUT2D eigenvalue weighted by molar-refractivity contribution is 5.88. The minimum Gasteiger partial charge on any atom is -0.480 e. The van der Waals surface area contributed by atoms with E-state index in [1.54, 1.807) is 0 Å². The van der Waals surface area contributed by atoms with Crippen molar-refractivity contribution in [1.82, 2.24) is 10.2 Å². The van der Waals surface area contributed by atoms with Crippen LogP contribution in [0.3, 0.4) is 0 Å². The number of carbonyl (C=O) groups excluding carboxylic acids is 2. The van der Waals surface area contributed by atoms with Crippen molar-refractivity contribution in [3.05, 3.63) is 59.7 Å². The van der Waals surface area contributed by atoms with Crippen LogP contribution >= 0.6 is 0 Å². The average molecular weight is 408 g/mol. The fourth-order valence-electron chi connectivity index (χ4n) is 4.19. The van der Waals surface area contributed by atoms with Gasteiger partial charge in [-0.1, -0.05) is 48.5 Å². The van der Waals surface area contributed by atoms with Gasteiger partial charge in [-0.2, -0.15) is 0 Å². The lowest BCUT2D eigenvalue weighted by atomic mass is 9.98. The minimum absolute atomic E-state index is 0.0265. The van der Waals surface area contributed by atoms with E-state index in [4.69, 9.17) is 9.84 Å². The number of benzene rings is 2. The molecule has 2 aromatic rings. The molecule has 2 aliphatic rings. The van der Waals surface area contributed by atoms with E-state index in [1.165, 1.54) is 11.9 Å². The van der Waals surface area contributed by atoms with Gasteiger partial charge in [-0.15, -0.1) is 0 Å². The molecular weight excluding hydrogens is 384 g/mol. The van der Waals surface area contributed by atoms with Crippen LogP contribution in [0.15, 0.2) is 48.5 Å². The molecule has 0 heterocycles. The summed E-state index contributed by atoms with van der Waals surface area (Å²) >= 11 is 0. The zero-order chi connectivity index (χ0) is 21.3. The molecule has 0 spiro atoms. The standard InChI is InChI=1S/C23H24N2O5/c1-25(12-20(26)27)21(28)23(10-11-23)14-24-22(29)30-13-19-17-8-4-2-6-15(17)16-7-3-5-9-18(16)19/h2-9,19H,10-14H2,1H3,(H,24,29)(H,26,27). The summed E-state index contributed by atoms with van der Waals surface area (Å²) in [4.78, 5) is 36.8. The van der Waals surface area contributed by atoms with Crippen molar-refractivity contribution in [1.29, 1.82) is 0 Å². The van der Waals surface area contributed by atoms with Crippen LogP contribution in [0.5, 0.6) is 0 Å². The number of aliphatic carboxylic acids is 1. The number of nitrogens with zero attached hydrogens (tertiary/aromatic N) is 1. The summed E-state index contributed by atoms with van der Waals surface area (Å²) in [5.41, 5.74) is 3.87. The van der Waals surface area contributed by atoms with Gasteiger partial charge in [0.25, 0.3) is 0 Å². The molecule has 0 bridgehead atoms. The molecule has 7 heteroatoms. The molecule has 2 aromatic carbocycles. The first-order valence-corrected chi connectivity index (χ1v) is 9.97. The zero-order valence-electron chi connectivity index (χ0n) is 16.8. The summed E-state index contributed by atoms with van der Waals surface area (Å²) in [5, 5.41) is 11.6. The molecule has 0 unspecified atom stereocenters. The number of amides is 2. The van der Waals surface area contributed by atoms with Gasteiger partial charge in [0.2, 0.25) is 5.91 Å². The monoisotopic (exact) mass is 408 g/mol. The molecule has 0 aromatic heterocycles. The number of carboxylic acids is 1. The molecule has 7 nitrogen and oxygen atoms in total. The molecule has 0 atom stereocenters. The third kappa shape index (κ3) is 3.75. The number of hydrogen-bond donors (Lipinski definition) is 2. The minimum atomic E-state index is -1.06.